The fraction of sp³-hybridized carbons (Fsp3) is 1.00. The van der Waals surface area contributed by atoms with E-state index >= 15 is 0 Å². The fourth-order valence-electron chi connectivity index (χ4n) is 1.55. The molecule has 5 heteroatoms. The van der Waals surface area contributed by atoms with Gasteiger partial charge in [-0.25, -0.2) is 8.42 Å². The first-order chi connectivity index (χ1) is 7.45. The summed E-state index contributed by atoms with van der Waals surface area (Å²) in [5, 5.41) is 3.27. The molecule has 0 aliphatic rings. The van der Waals surface area contributed by atoms with Crippen LogP contribution in [0.2, 0.25) is 0 Å². The molecule has 3 nitrogen and oxygen atoms in total. The Bertz CT molecular complexity index is 263. The van der Waals surface area contributed by atoms with Gasteiger partial charge in [0.2, 0.25) is 0 Å². The van der Waals surface area contributed by atoms with Crippen LogP contribution < -0.4 is 5.32 Å². The molecule has 16 heavy (non-hydrogen) atoms. The van der Waals surface area contributed by atoms with Crippen LogP contribution >= 0.6 is 11.8 Å². The Morgan fingerprint density at radius 2 is 1.75 bits per heavy atom. The molecule has 0 aliphatic heterocycles. The van der Waals surface area contributed by atoms with Gasteiger partial charge in [0.25, 0.3) is 0 Å². The van der Waals surface area contributed by atoms with Crippen LogP contribution in [0.5, 0.6) is 0 Å². The lowest BCUT2D eigenvalue weighted by atomic mass is 10.0. The van der Waals surface area contributed by atoms with Gasteiger partial charge in [-0.15, -0.1) is 0 Å². The summed E-state index contributed by atoms with van der Waals surface area (Å²) in [6.07, 6.45) is 4.34. The van der Waals surface area contributed by atoms with Crippen molar-refractivity contribution in [3.63, 3.8) is 0 Å². The highest BCUT2D eigenvalue weighted by molar-refractivity contribution is 8.00. The minimum Gasteiger partial charge on any atom is -0.314 e. The summed E-state index contributed by atoms with van der Waals surface area (Å²) in [4.78, 5) is 0. The van der Waals surface area contributed by atoms with Gasteiger partial charge in [-0.3, -0.25) is 0 Å². The maximum Gasteiger partial charge on any atom is 0.151 e. The molecule has 0 amide bonds. The number of nitrogens with one attached hydrogen (secondary N) is 1. The zero-order chi connectivity index (χ0) is 12.7. The molecular formula is C11H25NO2S2. The minimum absolute atomic E-state index is 0.240. The van der Waals surface area contributed by atoms with E-state index in [0.29, 0.717) is 6.54 Å². The van der Waals surface area contributed by atoms with E-state index in [1.54, 1.807) is 6.92 Å². The second kappa shape index (κ2) is 7.56. The molecule has 0 heterocycles. The molecule has 0 fully saturated rings. The molecule has 0 saturated carbocycles. The Balaban J connectivity index is 3.97. The van der Waals surface area contributed by atoms with Gasteiger partial charge in [-0.2, -0.15) is 11.8 Å². The number of rotatable bonds is 9. The molecule has 0 aromatic heterocycles. The smallest absolute Gasteiger partial charge is 0.151 e. The van der Waals surface area contributed by atoms with Gasteiger partial charge in [0.05, 0.1) is 5.75 Å². The predicted molar refractivity (Wildman–Crippen MR) is 74.0 cm³/mol. The van der Waals surface area contributed by atoms with Crippen LogP contribution in [0.1, 0.15) is 33.6 Å². The number of thioether (sulfide) groups is 1. The second-order valence-electron chi connectivity index (χ2n) is 4.01. The molecule has 0 aliphatic carbocycles. The van der Waals surface area contributed by atoms with E-state index in [1.165, 1.54) is 0 Å². The van der Waals surface area contributed by atoms with Crippen molar-refractivity contribution in [2.75, 3.05) is 30.9 Å². The van der Waals surface area contributed by atoms with Gasteiger partial charge in [-0.05, 0) is 19.1 Å². The van der Waals surface area contributed by atoms with Crippen molar-refractivity contribution in [2.45, 2.75) is 38.4 Å². The molecule has 0 unspecified atom stereocenters. The summed E-state index contributed by atoms with van der Waals surface area (Å²) >= 11 is 1.87. The molecule has 1 N–H and O–H groups in total. The average molecular weight is 267 g/mol. The molecule has 0 aromatic rings. The third kappa shape index (κ3) is 5.55. The molecule has 0 rings (SSSR count). The predicted octanol–water partition coefficient (Wildman–Crippen LogP) is 1.93. The standard InChI is InChI=1S/C11H25NO2S2/c1-5-11(6-2,15-4)10-12-8-9-16(13,14)7-3/h12H,5-10H2,1-4H3. The summed E-state index contributed by atoms with van der Waals surface area (Å²) < 4.78 is 22.8. The summed E-state index contributed by atoms with van der Waals surface area (Å²) in [5.41, 5.74) is 0. The zero-order valence-electron chi connectivity index (χ0n) is 10.9. The third-order valence-corrected chi connectivity index (χ3v) is 6.49. The summed E-state index contributed by atoms with van der Waals surface area (Å²) in [7, 11) is -2.83. The average Bonchev–Trinajstić information content (AvgIpc) is 2.30. The van der Waals surface area contributed by atoms with E-state index in [0.717, 1.165) is 19.4 Å². The maximum atomic E-state index is 11.3. The second-order valence-corrected chi connectivity index (χ2v) is 7.75. The molecule has 0 saturated heterocycles. The maximum absolute atomic E-state index is 11.3. The Morgan fingerprint density at radius 1 is 1.19 bits per heavy atom. The van der Waals surface area contributed by atoms with Crippen LogP contribution in [0.15, 0.2) is 0 Å². The Morgan fingerprint density at radius 3 is 2.12 bits per heavy atom. The lowest BCUT2D eigenvalue weighted by molar-refractivity contribution is 0.502. The van der Waals surface area contributed by atoms with E-state index in [9.17, 15) is 8.42 Å². The number of sulfone groups is 1. The fourth-order valence-corrected chi connectivity index (χ4v) is 3.12. The Kier molecular flexibility index (Phi) is 7.68. The molecule has 0 spiro atoms. The Labute approximate surface area is 105 Å². The van der Waals surface area contributed by atoms with Crippen LogP contribution in [0, 0.1) is 0 Å². The van der Waals surface area contributed by atoms with Gasteiger partial charge in [-0.1, -0.05) is 20.8 Å². The molecule has 0 radical (unpaired) electrons. The highest BCUT2D eigenvalue weighted by Gasteiger charge is 2.24. The first-order valence-electron chi connectivity index (χ1n) is 5.91. The topological polar surface area (TPSA) is 46.2 Å². The summed E-state index contributed by atoms with van der Waals surface area (Å²) in [6.45, 7) is 7.52. The van der Waals surface area contributed by atoms with Gasteiger partial charge in [0.1, 0.15) is 0 Å². The van der Waals surface area contributed by atoms with Gasteiger partial charge in [0, 0.05) is 23.6 Å². The van der Waals surface area contributed by atoms with E-state index in [4.69, 9.17) is 0 Å². The number of hydrogen-bond donors (Lipinski definition) is 1. The Hall–Kier alpha value is 0.260. The largest absolute Gasteiger partial charge is 0.314 e. The van der Waals surface area contributed by atoms with Crippen LogP contribution in [0.3, 0.4) is 0 Å². The highest BCUT2D eigenvalue weighted by atomic mass is 32.2. The lowest BCUT2D eigenvalue weighted by Crippen LogP contribution is -2.38. The van der Waals surface area contributed by atoms with Crippen molar-refractivity contribution in [3.05, 3.63) is 0 Å². The molecule has 98 valence electrons. The SMILES string of the molecule is CCC(CC)(CNCCS(=O)(=O)CC)SC. The summed E-state index contributed by atoms with van der Waals surface area (Å²) in [6, 6.07) is 0. The van der Waals surface area contributed by atoms with Crippen molar-refractivity contribution < 1.29 is 8.42 Å². The van der Waals surface area contributed by atoms with Gasteiger partial charge >= 0.3 is 0 Å². The van der Waals surface area contributed by atoms with E-state index < -0.39 is 9.84 Å². The first-order valence-corrected chi connectivity index (χ1v) is 8.96. The van der Waals surface area contributed by atoms with Crippen LogP contribution in [0.4, 0.5) is 0 Å². The summed E-state index contributed by atoms with van der Waals surface area (Å²) in [5.74, 6) is 0.491. The molecule has 0 aromatic carbocycles. The lowest BCUT2D eigenvalue weighted by Gasteiger charge is -2.29. The first kappa shape index (κ1) is 16.3. The molecule has 0 bridgehead atoms. The normalized spacial score (nSPS) is 13.0. The number of hydrogen-bond acceptors (Lipinski definition) is 4. The zero-order valence-corrected chi connectivity index (χ0v) is 12.5. The van der Waals surface area contributed by atoms with Crippen LogP contribution in [-0.2, 0) is 9.84 Å². The van der Waals surface area contributed by atoms with Crippen molar-refractivity contribution in [2.24, 2.45) is 0 Å². The van der Waals surface area contributed by atoms with Crippen molar-refractivity contribution in [1.29, 1.82) is 0 Å². The molecule has 0 atom stereocenters. The quantitative estimate of drug-likeness (QED) is 0.649. The highest BCUT2D eigenvalue weighted by Crippen LogP contribution is 2.29. The van der Waals surface area contributed by atoms with Crippen LogP contribution in [0.25, 0.3) is 0 Å². The minimum atomic E-state index is -2.83. The van der Waals surface area contributed by atoms with Crippen LogP contribution in [-0.4, -0.2) is 44.0 Å². The monoisotopic (exact) mass is 267 g/mol. The van der Waals surface area contributed by atoms with E-state index in [1.807, 2.05) is 11.8 Å². The van der Waals surface area contributed by atoms with E-state index in [-0.39, 0.29) is 16.3 Å². The van der Waals surface area contributed by atoms with Crippen molar-refractivity contribution >= 4 is 21.6 Å². The van der Waals surface area contributed by atoms with E-state index in [2.05, 4.69) is 25.4 Å². The van der Waals surface area contributed by atoms with Crippen molar-refractivity contribution in [1.82, 2.24) is 5.32 Å². The molecular weight excluding hydrogens is 242 g/mol. The van der Waals surface area contributed by atoms with Gasteiger partial charge < -0.3 is 5.32 Å². The third-order valence-electron chi connectivity index (χ3n) is 3.20. The van der Waals surface area contributed by atoms with Crippen molar-refractivity contribution in [3.8, 4) is 0 Å². The van der Waals surface area contributed by atoms with Gasteiger partial charge in [0.15, 0.2) is 9.84 Å².